The molecule has 0 bridgehead atoms. The third-order valence-corrected chi connectivity index (χ3v) is 5.74. The van der Waals surface area contributed by atoms with Crippen molar-refractivity contribution in [3.63, 3.8) is 0 Å². The molecule has 0 amide bonds. The summed E-state index contributed by atoms with van der Waals surface area (Å²) in [6.45, 7) is 0.367. The van der Waals surface area contributed by atoms with Crippen LogP contribution in [0.4, 0.5) is 4.39 Å². The smallest absolute Gasteiger partial charge is 0.199 e. The molecule has 1 aromatic heterocycles. The van der Waals surface area contributed by atoms with E-state index >= 15 is 0 Å². The summed E-state index contributed by atoms with van der Waals surface area (Å²) in [5, 5.41) is 0.653. The number of benzene rings is 3. The first-order valence-electron chi connectivity index (χ1n) is 9.87. The van der Waals surface area contributed by atoms with Crippen LogP contribution in [0, 0.1) is 5.82 Å². The molecule has 0 radical (unpaired) electrons. The van der Waals surface area contributed by atoms with Crippen LogP contribution in [0.3, 0.4) is 0 Å². The third kappa shape index (κ3) is 5.66. The van der Waals surface area contributed by atoms with Crippen molar-refractivity contribution in [3.05, 3.63) is 108 Å². The highest BCUT2D eigenvalue weighted by molar-refractivity contribution is 7.98. The molecule has 0 unspecified atom stereocenters. The van der Waals surface area contributed by atoms with Crippen LogP contribution in [0.25, 0.3) is 22.4 Å². The number of aliphatic imine (C=N–C) groups is 1. The van der Waals surface area contributed by atoms with Gasteiger partial charge in [0.15, 0.2) is 5.96 Å². The number of nitrogens with zero attached hydrogens (tertiary/aromatic N) is 2. The van der Waals surface area contributed by atoms with Crippen LogP contribution in [-0.2, 0) is 6.54 Å². The van der Waals surface area contributed by atoms with Crippen LogP contribution < -0.4 is 10.5 Å². The van der Waals surface area contributed by atoms with Crippen molar-refractivity contribution in [1.82, 2.24) is 9.71 Å². The van der Waals surface area contributed by atoms with E-state index in [0.29, 0.717) is 17.5 Å². The summed E-state index contributed by atoms with van der Waals surface area (Å²) in [6.07, 6.45) is 1.76. The number of rotatable bonds is 6. The minimum Gasteiger partial charge on any atom is -0.369 e. The molecule has 0 aliphatic carbocycles. The summed E-state index contributed by atoms with van der Waals surface area (Å²) in [7, 11) is 0. The number of guanidine groups is 1. The molecule has 7 heteroatoms. The molecule has 3 N–H and O–H groups in total. The van der Waals surface area contributed by atoms with Crippen molar-refractivity contribution in [2.24, 2.45) is 10.7 Å². The Morgan fingerprint density at radius 2 is 1.66 bits per heavy atom. The van der Waals surface area contributed by atoms with Gasteiger partial charge in [-0.05, 0) is 77.7 Å². The van der Waals surface area contributed by atoms with Gasteiger partial charge in [-0.1, -0.05) is 41.9 Å². The van der Waals surface area contributed by atoms with E-state index in [0.717, 1.165) is 32.8 Å². The topological polar surface area (TPSA) is 63.3 Å². The van der Waals surface area contributed by atoms with Crippen molar-refractivity contribution < 1.29 is 4.39 Å². The normalized spacial score (nSPS) is 11.4. The van der Waals surface area contributed by atoms with Gasteiger partial charge in [0.05, 0.1) is 12.2 Å². The highest BCUT2D eigenvalue weighted by Gasteiger charge is 2.11. The molecular formula is C25H20ClFN4S. The maximum absolute atomic E-state index is 13.4. The number of pyridine rings is 1. The maximum atomic E-state index is 13.4. The van der Waals surface area contributed by atoms with Crippen molar-refractivity contribution in [2.75, 3.05) is 0 Å². The average molecular weight is 463 g/mol. The van der Waals surface area contributed by atoms with Crippen molar-refractivity contribution in [1.29, 1.82) is 0 Å². The molecule has 4 nitrogen and oxygen atoms in total. The Morgan fingerprint density at radius 1 is 0.969 bits per heavy atom. The number of nitrogens with two attached hydrogens (primary N) is 1. The first kappa shape index (κ1) is 21.9. The first-order valence-corrected chi connectivity index (χ1v) is 11.1. The number of hydrogen-bond acceptors (Lipinski definition) is 3. The monoisotopic (exact) mass is 462 g/mol. The zero-order valence-electron chi connectivity index (χ0n) is 17.0. The van der Waals surface area contributed by atoms with E-state index in [-0.39, 0.29) is 5.82 Å². The van der Waals surface area contributed by atoms with Crippen LogP contribution in [-0.4, -0.2) is 10.9 Å². The van der Waals surface area contributed by atoms with Gasteiger partial charge in [-0.15, -0.1) is 0 Å². The van der Waals surface area contributed by atoms with Crippen LogP contribution in [0.15, 0.2) is 101 Å². The molecule has 32 heavy (non-hydrogen) atoms. The fourth-order valence-electron chi connectivity index (χ4n) is 3.09. The van der Waals surface area contributed by atoms with Crippen LogP contribution in [0.1, 0.15) is 5.56 Å². The lowest BCUT2D eigenvalue weighted by Crippen LogP contribution is -2.25. The Labute approximate surface area is 195 Å². The molecule has 3 aromatic carbocycles. The predicted octanol–water partition coefficient (Wildman–Crippen LogP) is 6.32. The summed E-state index contributed by atoms with van der Waals surface area (Å²) in [4.78, 5) is 10.1. The predicted molar refractivity (Wildman–Crippen MR) is 131 cm³/mol. The second-order valence-corrected chi connectivity index (χ2v) is 8.29. The lowest BCUT2D eigenvalue weighted by Gasteiger charge is -2.12. The molecule has 0 spiro atoms. The molecule has 0 aliphatic rings. The summed E-state index contributed by atoms with van der Waals surface area (Å²) < 4.78 is 16.5. The van der Waals surface area contributed by atoms with E-state index in [9.17, 15) is 4.39 Å². The molecule has 4 aromatic rings. The van der Waals surface area contributed by atoms with Crippen LogP contribution in [0.2, 0.25) is 5.02 Å². The SMILES string of the molecule is NC(=NCc1cnc(-c2ccc(F)cc2)c(-c2ccc(Cl)cc2)c1)NSc1ccccc1. The van der Waals surface area contributed by atoms with Gasteiger partial charge in [-0.3, -0.25) is 9.71 Å². The van der Waals surface area contributed by atoms with Gasteiger partial charge in [0.2, 0.25) is 0 Å². The minimum atomic E-state index is -0.288. The Bertz CT molecular complexity index is 1210. The molecule has 0 aliphatic heterocycles. The summed E-state index contributed by atoms with van der Waals surface area (Å²) in [5.74, 6) is 0.0404. The van der Waals surface area contributed by atoms with Gasteiger partial charge in [0, 0.05) is 27.2 Å². The quantitative estimate of drug-likeness (QED) is 0.200. The fraction of sp³-hybridized carbons (Fsp3) is 0.0400. The van der Waals surface area contributed by atoms with Crippen LogP contribution >= 0.6 is 23.5 Å². The molecule has 4 rings (SSSR count). The van der Waals surface area contributed by atoms with Gasteiger partial charge in [-0.25, -0.2) is 9.38 Å². The number of hydrogen-bond donors (Lipinski definition) is 2. The molecule has 0 atom stereocenters. The van der Waals surface area contributed by atoms with Gasteiger partial charge in [-0.2, -0.15) is 0 Å². The Hall–Kier alpha value is -3.35. The standard InChI is InChI=1S/C25H20ClFN4S/c26-20-10-6-18(7-11-20)23-14-17(15-29-24(23)19-8-12-21(27)13-9-19)16-30-25(28)31-32-22-4-2-1-3-5-22/h1-15H,16H2,(H3,28,30,31). The Kier molecular flexibility index (Phi) is 7.04. The Morgan fingerprint density at radius 3 is 2.38 bits per heavy atom. The lowest BCUT2D eigenvalue weighted by molar-refractivity contribution is 0.628. The molecule has 0 fully saturated rings. The van der Waals surface area contributed by atoms with Gasteiger partial charge < -0.3 is 5.73 Å². The molecule has 1 heterocycles. The Balaban J connectivity index is 1.58. The molecular weight excluding hydrogens is 443 g/mol. The fourth-order valence-corrected chi connectivity index (χ4v) is 3.80. The van der Waals surface area contributed by atoms with Gasteiger partial charge in [0.25, 0.3) is 0 Å². The van der Waals surface area contributed by atoms with E-state index in [1.165, 1.54) is 24.1 Å². The zero-order chi connectivity index (χ0) is 22.3. The van der Waals surface area contributed by atoms with E-state index in [2.05, 4.69) is 14.7 Å². The van der Waals surface area contributed by atoms with E-state index in [1.54, 1.807) is 18.3 Å². The summed E-state index contributed by atoms with van der Waals surface area (Å²) in [6, 6.07) is 25.7. The first-order chi connectivity index (χ1) is 15.6. The molecule has 0 saturated carbocycles. The number of halogens is 2. The van der Waals surface area contributed by atoms with Crippen molar-refractivity contribution in [2.45, 2.75) is 11.4 Å². The van der Waals surface area contributed by atoms with E-state index in [4.69, 9.17) is 17.3 Å². The summed E-state index contributed by atoms with van der Waals surface area (Å²) >= 11 is 7.47. The third-order valence-electron chi connectivity index (χ3n) is 4.67. The van der Waals surface area contributed by atoms with Crippen molar-refractivity contribution >= 4 is 29.5 Å². The highest BCUT2D eigenvalue weighted by Crippen LogP contribution is 2.32. The minimum absolute atomic E-state index is 0.288. The van der Waals surface area contributed by atoms with Gasteiger partial charge >= 0.3 is 0 Å². The van der Waals surface area contributed by atoms with Crippen molar-refractivity contribution in [3.8, 4) is 22.4 Å². The van der Waals surface area contributed by atoms with Gasteiger partial charge in [0.1, 0.15) is 5.82 Å². The van der Waals surface area contributed by atoms with E-state index < -0.39 is 0 Å². The number of aromatic nitrogens is 1. The molecule has 0 saturated heterocycles. The second-order valence-electron chi connectivity index (χ2n) is 6.97. The second kappa shape index (κ2) is 10.3. The maximum Gasteiger partial charge on any atom is 0.199 e. The molecule has 160 valence electrons. The lowest BCUT2D eigenvalue weighted by atomic mass is 9.98. The zero-order valence-corrected chi connectivity index (χ0v) is 18.6. The summed E-state index contributed by atoms with van der Waals surface area (Å²) in [5.41, 5.74) is 10.4. The average Bonchev–Trinajstić information content (AvgIpc) is 2.83. The number of nitrogens with one attached hydrogen (secondary N) is 1. The largest absolute Gasteiger partial charge is 0.369 e. The highest BCUT2D eigenvalue weighted by atomic mass is 35.5. The van der Waals surface area contributed by atoms with E-state index in [1.807, 2.05) is 60.7 Å². The van der Waals surface area contributed by atoms with Crippen LogP contribution in [0.5, 0.6) is 0 Å².